The Hall–Kier alpha value is 0.490. The van der Waals surface area contributed by atoms with E-state index >= 15 is 0 Å². The normalized spacial score (nSPS) is 17.1. The lowest BCUT2D eigenvalue weighted by Crippen LogP contribution is -2.22. The fourth-order valence-corrected chi connectivity index (χ4v) is 4.55. The maximum atomic E-state index is 6.08. The van der Waals surface area contributed by atoms with E-state index in [0.717, 1.165) is 5.92 Å². The minimum atomic E-state index is 0.208. The quantitative estimate of drug-likeness (QED) is 0.823. The van der Waals surface area contributed by atoms with Crippen molar-refractivity contribution in [2.24, 2.45) is 11.7 Å². The molecule has 0 aliphatic carbocycles. The van der Waals surface area contributed by atoms with Gasteiger partial charge in [0.05, 0.1) is 9.04 Å². The van der Waals surface area contributed by atoms with Crippen molar-refractivity contribution in [3.63, 3.8) is 0 Å². The van der Waals surface area contributed by atoms with Gasteiger partial charge >= 0.3 is 0 Å². The van der Waals surface area contributed by atoms with Gasteiger partial charge in [0.25, 0.3) is 0 Å². The molecule has 0 bridgehead atoms. The molecule has 16 heavy (non-hydrogen) atoms. The molecule has 2 N–H and O–H groups in total. The zero-order valence-corrected chi connectivity index (χ0v) is 13.3. The van der Waals surface area contributed by atoms with E-state index in [-0.39, 0.29) is 6.04 Å². The van der Waals surface area contributed by atoms with Crippen molar-refractivity contribution < 1.29 is 0 Å². The Bertz CT molecular complexity index is 312. The molecule has 1 aromatic heterocycles. The summed E-state index contributed by atoms with van der Waals surface area (Å²) in [6.45, 7) is 6.64. The summed E-state index contributed by atoms with van der Waals surface area (Å²) in [6, 6.07) is 4.51. The molecule has 1 rings (SSSR count). The molecule has 3 unspecified atom stereocenters. The highest BCUT2D eigenvalue weighted by atomic mass is 79.9. The summed E-state index contributed by atoms with van der Waals surface area (Å²) in [7, 11) is 0. The molecule has 0 saturated carbocycles. The van der Waals surface area contributed by atoms with Gasteiger partial charge in [-0.25, -0.2) is 0 Å². The predicted molar refractivity (Wildman–Crippen MR) is 80.3 cm³/mol. The first-order valence-corrected chi connectivity index (χ1v) is 8.32. The number of rotatable bonds is 6. The summed E-state index contributed by atoms with van der Waals surface area (Å²) in [5, 5.41) is 0.435. The van der Waals surface area contributed by atoms with E-state index in [4.69, 9.17) is 5.73 Å². The summed E-state index contributed by atoms with van der Waals surface area (Å²) in [4.78, 5) is 1.38. The molecule has 92 valence electrons. The molecule has 4 heteroatoms. The van der Waals surface area contributed by atoms with Crippen molar-refractivity contribution in [1.82, 2.24) is 0 Å². The van der Waals surface area contributed by atoms with E-state index < -0.39 is 0 Å². The van der Waals surface area contributed by atoms with Gasteiger partial charge in [-0.05, 0) is 46.7 Å². The number of nitrogens with two attached hydrogens (primary N) is 1. The smallest absolute Gasteiger partial charge is 0.0701 e. The van der Waals surface area contributed by atoms with Crippen LogP contribution in [0, 0.1) is 5.92 Å². The van der Waals surface area contributed by atoms with Crippen molar-refractivity contribution in [1.29, 1.82) is 0 Å². The molecule has 1 nitrogen and oxygen atoms in total. The Kier molecular flexibility index (Phi) is 6.40. The number of halogens is 1. The van der Waals surface area contributed by atoms with E-state index in [1.807, 2.05) is 11.8 Å². The first kappa shape index (κ1) is 14.6. The Morgan fingerprint density at radius 2 is 2.12 bits per heavy atom. The van der Waals surface area contributed by atoms with Crippen LogP contribution in [0.25, 0.3) is 0 Å². The lowest BCUT2D eigenvalue weighted by Gasteiger charge is -2.20. The van der Waals surface area contributed by atoms with Crippen LogP contribution in [-0.4, -0.2) is 11.8 Å². The van der Waals surface area contributed by atoms with Crippen LogP contribution in [-0.2, 0) is 0 Å². The van der Waals surface area contributed by atoms with Crippen molar-refractivity contribution in [3.05, 3.63) is 20.8 Å². The van der Waals surface area contributed by atoms with Crippen molar-refractivity contribution in [2.45, 2.75) is 38.5 Å². The van der Waals surface area contributed by atoms with Crippen molar-refractivity contribution in [3.8, 4) is 0 Å². The summed E-state index contributed by atoms with van der Waals surface area (Å²) < 4.78 is 1.19. The highest BCUT2D eigenvalue weighted by Gasteiger charge is 2.19. The molecule has 0 aliphatic heterocycles. The molecule has 0 saturated heterocycles. The van der Waals surface area contributed by atoms with Crippen LogP contribution in [0.15, 0.2) is 15.9 Å². The third-order valence-electron chi connectivity index (χ3n) is 2.61. The molecule has 0 spiro atoms. The Balaban J connectivity index is 2.61. The average Bonchev–Trinajstić information content (AvgIpc) is 2.64. The molecule has 0 amide bonds. The number of hydrogen-bond donors (Lipinski definition) is 1. The molecule has 1 heterocycles. The van der Waals surface area contributed by atoms with Crippen molar-refractivity contribution in [2.75, 3.05) is 5.75 Å². The standard InChI is InChI=1S/C12H20BrNS2/c1-4-8(2)7-15-12(9(3)14)10-5-6-11(13)16-10/h5-6,8-9,12H,4,7,14H2,1-3H3. The molecule has 0 radical (unpaired) electrons. The maximum Gasteiger partial charge on any atom is 0.0701 e. The van der Waals surface area contributed by atoms with Gasteiger partial charge in [0.15, 0.2) is 0 Å². The zero-order chi connectivity index (χ0) is 12.1. The van der Waals surface area contributed by atoms with Crippen LogP contribution in [0.1, 0.15) is 37.3 Å². The third kappa shape index (κ3) is 4.40. The summed E-state index contributed by atoms with van der Waals surface area (Å²) in [5.74, 6) is 1.97. The number of thioether (sulfide) groups is 1. The minimum Gasteiger partial charge on any atom is -0.327 e. The second kappa shape index (κ2) is 7.04. The molecule has 0 aliphatic rings. The highest BCUT2D eigenvalue weighted by molar-refractivity contribution is 9.11. The SMILES string of the molecule is CCC(C)CSC(c1ccc(Br)s1)C(C)N. The lowest BCUT2D eigenvalue weighted by atomic mass is 10.2. The molecule has 1 aromatic rings. The van der Waals surface area contributed by atoms with Crippen LogP contribution >= 0.6 is 39.0 Å². The van der Waals surface area contributed by atoms with Gasteiger partial charge in [-0.2, -0.15) is 11.8 Å². The molecule has 0 fully saturated rings. The molecule has 0 aromatic carbocycles. The average molecular weight is 322 g/mol. The monoisotopic (exact) mass is 321 g/mol. The third-order valence-corrected chi connectivity index (χ3v) is 6.27. The largest absolute Gasteiger partial charge is 0.327 e. The van der Waals surface area contributed by atoms with Gasteiger partial charge in [-0.1, -0.05) is 20.3 Å². The Labute approximate surface area is 115 Å². The van der Waals surface area contributed by atoms with Crippen LogP contribution in [0.5, 0.6) is 0 Å². The van der Waals surface area contributed by atoms with E-state index in [1.54, 1.807) is 11.3 Å². The van der Waals surface area contributed by atoms with Gasteiger partial charge in [0.1, 0.15) is 0 Å². The fraction of sp³-hybridized carbons (Fsp3) is 0.667. The molecular weight excluding hydrogens is 302 g/mol. The lowest BCUT2D eigenvalue weighted by molar-refractivity contribution is 0.632. The van der Waals surface area contributed by atoms with Crippen LogP contribution in [0.3, 0.4) is 0 Å². The number of thiophene rings is 1. The van der Waals surface area contributed by atoms with Gasteiger partial charge < -0.3 is 5.73 Å². The van der Waals surface area contributed by atoms with E-state index in [9.17, 15) is 0 Å². The van der Waals surface area contributed by atoms with Crippen molar-refractivity contribution >= 4 is 39.0 Å². The topological polar surface area (TPSA) is 26.0 Å². The molecule has 3 atom stereocenters. The highest BCUT2D eigenvalue weighted by Crippen LogP contribution is 2.38. The van der Waals surface area contributed by atoms with E-state index in [0.29, 0.717) is 5.25 Å². The van der Waals surface area contributed by atoms with Crippen LogP contribution in [0.4, 0.5) is 0 Å². The first-order chi connectivity index (χ1) is 7.54. The summed E-state index contributed by atoms with van der Waals surface area (Å²) >= 11 is 7.30. The number of hydrogen-bond acceptors (Lipinski definition) is 3. The first-order valence-electron chi connectivity index (χ1n) is 5.67. The van der Waals surface area contributed by atoms with Gasteiger partial charge in [-0.15, -0.1) is 11.3 Å². The second-order valence-corrected chi connectivity index (χ2v) is 7.94. The van der Waals surface area contributed by atoms with E-state index in [2.05, 4.69) is 48.8 Å². The minimum absolute atomic E-state index is 0.208. The van der Waals surface area contributed by atoms with Crippen LogP contribution in [0.2, 0.25) is 0 Å². The Morgan fingerprint density at radius 1 is 1.44 bits per heavy atom. The molecular formula is C12H20BrNS2. The predicted octanol–water partition coefficient (Wildman–Crippen LogP) is 4.68. The van der Waals surface area contributed by atoms with Gasteiger partial charge in [-0.3, -0.25) is 0 Å². The summed E-state index contributed by atoms with van der Waals surface area (Å²) in [6.07, 6.45) is 1.24. The second-order valence-electron chi connectivity index (χ2n) is 4.27. The van der Waals surface area contributed by atoms with E-state index in [1.165, 1.54) is 20.8 Å². The fourth-order valence-electron chi connectivity index (χ4n) is 1.36. The van der Waals surface area contributed by atoms with Gasteiger partial charge in [0, 0.05) is 10.9 Å². The van der Waals surface area contributed by atoms with Gasteiger partial charge in [0.2, 0.25) is 0 Å². The summed E-state index contributed by atoms with van der Waals surface area (Å²) in [5.41, 5.74) is 6.08. The van der Waals surface area contributed by atoms with Crippen LogP contribution < -0.4 is 5.73 Å². The Morgan fingerprint density at radius 3 is 2.56 bits per heavy atom. The maximum absolute atomic E-state index is 6.08. The zero-order valence-electron chi connectivity index (χ0n) is 10.1.